The summed E-state index contributed by atoms with van der Waals surface area (Å²) in [4.78, 5) is 15.9. The first kappa shape index (κ1) is 14.8. The molecular weight excluding hydrogens is 272 g/mol. The van der Waals surface area contributed by atoms with Gasteiger partial charge in [0.05, 0.1) is 7.11 Å². The lowest BCUT2D eigenvalue weighted by Crippen LogP contribution is -2.37. The summed E-state index contributed by atoms with van der Waals surface area (Å²) in [6, 6.07) is 7.09. The van der Waals surface area contributed by atoms with Crippen LogP contribution in [0.4, 0.5) is 0 Å². The number of rotatable bonds is 7. The third kappa shape index (κ3) is 4.48. The van der Waals surface area contributed by atoms with Gasteiger partial charge in [0.1, 0.15) is 23.7 Å². The van der Waals surface area contributed by atoms with Gasteiger partial charge in [-0.05, 0) is 31.2 Å². The van der Waals surface area contributed by atoms with Crippen molar-refractivity contribution in [1.82, 2.24) is 20.5 Å². The zero-order valence-electron chi connectivity index (χ0n) is 12.0. The smallest absolute Gasteiger partial charge is 0.260 e. The molecule has 0 saturated carbocycles. The van der Waals surface area contributed by atoms with Crippen molar-refractivity contribution in [2.45, 2.75) is 19.4 Å². The standard InChI is InChI=1S/C14H18N4O3/c1-10(21-12-5-3-11(20-2)4-6-12)14(19)15-8-7-13-16-9-17-18-13/h3-6,9-10H,7-8H2,1-2H3,(H,15,19)(H,16,17,18). The predicted octanol–water partition coefficient (Wildman–Crippen LogP) is 0.939. The van der Waals surface area contributed by atoms with Crippen molar-refractivity contribution in [2.75, 3.05) is 13.7 Å². The molecule has 2 N–H and O–H groups in total. The summed E-state index contributed by atoms with van der Waals surface area (Å²) in [6.07, 6.45) is 1.46. The van der Waals surface area contributed by atoms with Gasteiger partial charge in [-0.2, -0.15) is 5.10 Å². The molecule has 2 rings (SSSR count). The van der Waals surface area contributed by atoms with Crippen LogP contribution in [0.3, 0.4) is 0 Å². The van der Waals surface area contributed by atoms with E-state index in [0.29, 0.717) is 18.7 Å². The quantitative estimate of drug-likeness (QED) is 0.792. The van der Waals surface area contributed by atoms with Crippen LogP contribution >= 0.6 is 0 Å². The second-order valence-electron chi connectivity index (χ2n) is 4.41. The Morgan fingerprint density at radius 3 is 2.67 bits per heavy atom. The number of carbonyl (C=O) groups excluding carboxylic acids is 1. The highest BCUT2D eigenvalue weighted by Crippen LogP contribution is 2.18. The summed E-state index contributed by atoms with van der Waals surface area (Å²) < 4.78 is 10.6. The summed E-state index contributed by atoms with van der Waals surface area (Å²) in [5.41, 5.74) is 0. The average molecular weight is 290 g/mol. The van der Waals surface area contributed by atoms with E-state index in [1.807, 2.05) is 0 Å². The van der Waals surface area contributed by atoms with E-state index in [-0.39, 0.29) is 5.91 Å². The van der Waals surface area contributed by atoms with Crippen LogP contribution in [0.1, 0.15) is 12.7 Å². The first-order valence-electron chi connectivity index (χ1n) is 6.61. The molecule has 1 aromatic heterocycles. The summed E-state index contributed by atoms with van der Waals surface area (Å²) in [5.74, 6) is 1.92. The number of H-pyrrole nitrogens is 1. The van der Waals surface area contributed by atoms with E-state index in [2.05, 4.69) is 20.5 Å². The van der Waals surface area contributed by atoms with E-state index in [0.717, 1.165) is 11.6 Å². The molecule has 7 heteroatoms. The monoisotopic (exact) mass is 290 g/mol. The first-order valence-corrected chi connectivity index (χ1v) is 6.61. The van der Waals surface area contributed by atoms with Gasteiger partial charge >= 0.3 is 0 Å². The van der Waals surface area contributed by atoms with Crippen LogP contribution in [0.5, 0.6) is 11.5 Å². The van der Waals surface area contributed by atoms with Gasteiger partial charge in [0.25, 0.3) is 5.91 Å². The lowest BCUT2D eigenvalue weighted by molar-refractivity contribution is -0.127. The number of carbonyl (C=O) groups is 1. The Kier molecular flexibility index (Phi) is 5.14. The zero-order valence-corrected chi connectivity index (χ0v) is 12.0. The number of methoxy groups -OCH3 is 1. The maximum Gasteiger partial charge on any atom is 0.260 e. The molecule has 1 unspecified atom stereocenters. The number of hydrogen-bond donors (Lipinski definition) is 2. The second-order valence-corrected chi connectivity index (χ2v) is 4.41. The van der Waals surface area contributed by atoms with Gasteiger partial charge in [-0.25, -0.2) is 4.98 Å². The van der Waals surface area contributed by atoms with Gasteiger partial charge in [0, 0.05) is 13.0 Å². The van der Waals surface area contributed by atoms with Crippen LogP contribution in [-0.4, -0.2) is 40.8 Å². The molecule has 1 heterocycles. The number of aromatic nitrogens is 3. The minimum absolute atomic E-state index is 0.176. The van der Waals surface area contributed by atoms with Gasteiger partial charge < -0.3 is 14.8 Å². The normalized spacial score (nSPS) is 11.7. The SMILES string of the molecule is COc1ccc(OC(C)C(=O)NCCc2ncn[nH]2)cc1. The lowest BCUT2D eigenvalue weighted by Gasteiger charge is -2.14. The van der Waals surface area contributed by atoms with Crippen LogP contribution in [0.15, 0.2) is 30.6 Å². The van der Waals surface area contributed by atoms with E-state index in [9.17, 15) is 4.79 Å². The molecule has 112 valence electrons. The highest BCUT2D eigenvalue weighted by atomic mass is 16.5. The number of nitrogens with zero attached hydrogens (tertiary/aromatic N) is 2. The van der Waals surface area contributed by atoms with E-state index >= 15 is 0 Å². The van der Waals surface area contributed by atoms with Crippen LogP contribution in [-0.2, 0) is 11.2 Å². The van der Waals surface area contributed by atoms with Crippen LogP contribution in [0, 0.1) is 0 Å². The average Bonchev–Trinajstić information content (AvgIpc) is 3.01. The van der Waals surface area contributed by atoms with Crippen molar-refractivity contribution in [2.24, 2.45) is 0 Å². The Balaban J connectivity index is 1.76. The van der Waals surface area contributed by atoms with E-state index in [4.69, 9.17) is 9.47 Å². The van der Waals surface area contributed by atoms with Gasteiger partial charge in [0.15, 0.2) is 6.10 Å². The maximum absolute atomic E-state index is 11.9. The summed E-state index contributed by atoms with van der Waals surface area (Å²) in [7, 11) is 1.60. The fraction of sp³-hybridized carbons (Fsp3) is 0.357. The Hall–Kier alpha value is -2.57. The third-order valence-electron chi connectivity index (χ3n) is 2.87. The number of benzene rings is 1. The van der Waals surface area contributed by atoms with Gasteiger partial charge in [-0.1, -0.05) is 0 Å². The molecule has 7 nitrogen and oxygen atoms in total. The molecule has 0 bridgehead atoms. The molecule has 0 spiro atoms. The second kappa shape index (κ2) is 7.28. The minimum Gasteiger partial charge on any atom is -0.497 e. The number of ether oxygens (including phenoxy) is 2. The van der Waals surface area contributed by atoms with E-state index < -0.39 is 6.10 Å². The van der Waals surface area contributed by atoms with Crippen molar-refractivity contribution >= 4 is 5.91 Å². The molecule has 0 aliphatic rings. The molecule has 0 aliphatic heterocycles. The Labute approximate surface area is 122 Å². The van der Waals surface area contributed by atoms with Crippen LogP contribution in [0.25, 0.3) is 0 Å². The molecule has 21 heavy (non-hydrogen) atoms. The third-order valence-corrected chi connectivity index (χ3v) is 2.87. The van der Waals surface area contributed by atoms with Crippen LogP contribution < -0.4 is 14.8 Å². The Bertz CT molecular complexity index is 554. The van der Waals surface area contributed by atoms with Crippen LogP contribution in [0.2, 0.25) is 0 Å². The largest absolute Gasteiger partial charge is 0.497 e. The predicted molar refractivity (Wildman–Crippen MR) is 76.2 cm³/mol. The fourth-order valence-corrected chi connectivity index (χ4v) is 1.71. The number of hydrogen-bond acceptors (Lipinski definition) is 5. The van der Waals surface area contributed by atoms with E-state index in [1.54, 1.807) is 38.3 Å². The Morgan fingerprint density at radius 2 is 2.05 bits per heavy atom. The molecule has 0 radical (unpaired) electrons. The van der Waals surface area contributed by atoms with Crippen molar-refractivity contribution < 1.29 is 14.3 Å². The fourth-order valence-electron chi connectivity index (χ4n) is 1.71. The first-order chi connectivity index (χ1) is 10.2. The highest BCUT2D eigenvalue weighted by Gasteiger charge is 2.14. The van der Waals surface area contributed by atoms with Gasteiger partial charge in [-0.15, -0.1) is 0 Å². The molecule has 0 saturated heterocycles. The minimum atomic E-state index is -0.576. The van der Waals surface area contributed by atoms with Crippen molar-refractivity contribution in [3.8, 4) is 11.5 Å². The highest BCUT2D eigenvalue weighted by molar-refractivity contribution is 5.80. The number of nitrogens with one attached hydrogen (secondary N) is 2. The Morgan fingerprint density at radius 1 is 1.33 bits per heavy atom. The number of amides is 1. The molecule has 1 aromatic carbocycles. The van der Waals surface area contributed by atoms with Crippen molar-refractivity contribution in [1.29, 1.82) is 0 Å². The molecule has 2 aromatic rings. The maximum atomic E-state index is 11.9. The lowest BCUT2D eigenvalue weighted by atomic mass is 10.3. The molecule has 0 aliphatic carbocycles. The van der Waals surface area contributed by atoms with E-state index in [1.165, 1.54) is 6.33 Å². The molecule has 1 atom stereocenters. The van der Waals surface area contributed by atoms with Crippen molar-refractivity contribution in [3.63, 3.8) is 0 Å². The summed E-state index contributed by atoms with van der Waals surface area (Å²) in [6.45, 7) is 2.18. The zero-order chi connectivity index (χ0) is 15.1. The van der Waals surface area contributed by atoms with Crippen molar-refractivity contribution in [3.05, 3.63) is 36.4 Å². The molecular formula is C14H18N4O3. The summed E-state index contributed by atoms with van der Waals surface area (Å²) in [5, 5.41) is 9.26. The van der Waals surface area contributed by atoms with Gasteiger partial charge in [0.2, 0.25) is 0 Å². The molecule has 0 fully saturated rings. The summed E-state index contributed by atoms with van der Waals surface area (Å²) >= 11 is 0. The van der Waals surface area contributed by atoms with Gasteiger partial charge in [-0.3, -0.25) is 9.89 Å². The number of aromatic amines is 1. The topological polar surface area (TPSA) is 89.1 Å². The molecule has 1 amide bonds.